The Morgan fingerprint density at radius 3 is 2.74 bits per heavy atom. The molecule has 0 spiro atoms. The summed E-state index contributed by atoms with van der Waals surface area (Å²) in [6.45, 7) is 1.87. The second kappa shape index (κ2) is 5.92. The van der Waals surface area contributed by atoms with Crippen molar-refractivity contribution in [2.75, 3.05) is 19.8 Å². The fourth-order valence-electron chi connectivity index (χ4n) is 3.19. The van der Waals surface area contributed by atoms with Crippen molar-refractivity contribution in [2.45, 2.75) is 18.9 Å². The van der Waals surface area contributed by atoms with Gasteiger partial charge < -0.3 is 18.8 Å². The van der Waals surface area contributed by atoms with E-state index in [4.69, 9.17) is 13.9 Å². The predicted molar refractivity (Wildman–Crippen MR) is 86.9 cm³/mol. The molecule has 0 bridgehead atoms. The fourth-order valence-corrected chi connectivity index (χ4v) is 3.50. The summed E-state index contributed by atoms with van der Waals surface area (Å²) in [7, 11) is 0. The van der Waals surface area contributed by atoms with Crippen molar-refractivity contribution in [3.63, 3.8) is 0 Å². The first-order valence-electron chi connectivity index (χ1n) is 7.68. The molecule has 0 saturated carbocycles. The van der Waals surface area contributed by atoms with Crippen LogP contribution in [0.25, 0.3) is 0 Å². The molecule has 0 radical (unpaired) electrons. The zero-order valence-corrected chi connectivity index (χ0v) is 14.0. The Morgan fingerprint density at radius 2 is 1.96 bits per heavy atom. The number of ether oxygens (including phenoxy) is 2. The lowest BCUT2D eigenvalue weighted by atomic mass is 10.0. The van der Waals surface area contributed by atoms with Gasteiger partial charge in [0.25, 0.3) is 5.91 Å². The number of carbonyl (C=O) groups is 1. The van der Waals surface area contributed by atoms with Crippen LogP contribution in [0.5, 0.6) is 11.5 Å². The zero-order valence-electron chi connectivity index (χ0n) is 12.5. The van der Waals surface area contributed by atoms with Crippen molar-refractivity contribution in [2.24, 2.45) is 0 Å². The molecule has 1 aromatic heterocycles. The lowest BCUT2D eigenvalue weighted by Crippen LogP contribution is -2.30. The molecular formula is C17H16BrNO4. The van der Waals surface area contributed by atoms with Crippen molar-refractivity contribution < 1.29 is 18.7 Å². The van der Waals surface area contributed by atoms with E-state index in [9.17, 15) is 4.79 Å². The van der Waals surface area contributed by atoms with Gasteiger partial charge in [0.2, 0.25) is 0 Å². The lowest BCUT2D eigenvalue weighted by molar-refractivity contribution is 0.0701. The molecule has 2 aliphatic rings. The van der Waals surface area contributed by atoms with Crippen LogP contribution in [0.2, 0.25) is 0 Å². The number of amides is 1. The molecule has 0 aliphatic carbocycles. The van der Waals surface area contributed by atoms with Crippen LogP contribution >= 0.6 is 15.9 Å². The van der Waals surface area contributed by atoms with Gasteiger partial charge in [-0.2, -0.15) is 0 Å². The maximum absolute atomic E-state index is 12.7. The Kier molecular flexibility index (Phi) is 3.77. The highest BCUT2D eigenvalue weighted by atomic mass is 79.9. The minimum absolute atomic E-state index is 0.0437. The van der Waals surface area contributed by atoms with Gasteiger partial charge in [-0.15, -0.1) is 0 Å². The molecule has 4 rings (SSSR count). The summed E-state index contributed by atoms with van der Waals surface area (Å²) in [5, 5.41) is 0. The van der Waals surface area contributed by atoms with Crippen LogP contribution in [0.15, 0.2) is 39.4 Å². The Bertz CT molecular complexity index is 742. The van der Waals surface area contributed by atoms with Crippen LogP contribution in [0.4, 0.5) is 0 Å². The van der Waals surface area contributed by atoms with Gasteiger partial charge in [-0.3, -0.25) is 4.79 Å². The van der Waals surface area contributed by atoms with Crippen LogP contribution in [0.3, 0.4) is 0 Å². The van der Waals surface area contributed by atoms with Crippen molar-refractivity contribution in [1.29, 1.82) is 0 Å². The maximum atomic E-state index is 12.7. The molecule has 1 aromatic carbocycles. The Morgan fingerprint density at radius 1 is 1.13 bits per heavy atom. The van der Waals surface area contributed by atoms with Crippen LogP contribution in [-0.2, 0) is 0 Å². The minimum atomic E-state index is -0.0758. The van der Waals surface area contributed by atoms with E-state index in [2.05, 4.69) is 15.9 Å². The van der Waals surface area contributed by atoms with Crippen molar-refractivity contribution in [3.8, 4) is 11.5 Å². The van der Waals surface area contributed by atoms with Gasteiger partial charge in [0.15, 0.2) is 21.9 Å². The first-order chi connectivity index (χ1) is 11.2. The SMILES string of the molecule is O=C(c1ccc(Br)o1)N1CCCC1c1ccc2c(c1)OCCO2. The van der Waals surface area contributed by atoms with E-state index in [0.717, 1.165) is 36.4 Å². The predicted octanol–water partition coefficient (Wildman–Crippen LogP) is 3.79. The normalized spacial score (nSPS) is 19.9. The van der Waals surface area contributed by atoms with Gasteiger partial charge in [-0.25, -0.2) is 0 Å². The second-order valence-corrected chi connectivity index (χ2v) is 6.45. The number of hydrogen-bond acceptors (Lipinski definition) is 4. The number of fused-ring (bicyclic) bond motifs is 1. The molecule has 1 unspecified atom stereocenters. The highest BCUT2D eigenvalue weighted by molar-refractivity contribution is 9.10. The van der Waals surface area contributed by atoms with Gasteiger partial charge in [-0.05, 0) is 58.6 Å². The molecule has 1 atom stereocenters. The molecule has 5 nitrogen and oxygen atoms in total. The third-order valence-corrected chi connectivity index (χ3v) is 4.67. The van der Waals surface area contributed by atoms with Gasteiger partial charge in [-0.1, -0.05) is 6.07 Å². The standard InChI is InChI=1S/C17H16BrNO4/c18-16-6-5-14(23-16)17(20)19-7-1-2-12(19)11-3-4-13-15(10-11)22-9-8-21-13/h3-6,10,12H,1-2,7-9H2. The Balaban J connectivity index is 1.61. The fraction of sp³-hybridized carbons (Fsp3) is 0.353. The summed E-state index contributed by atoms with van der Waals surface area (Å²) in [4.78, 5) is 14.6. The molecule has 1 fully saturated rings. The number of hydrogen-bond donors (Lipinski definition) is 0. The van der Waals surface area contributed by atoms with E-state index in [1.807, 2.05) is 23.1 Å². The molecular weight excluding hydrogens is 362 g/mol. The molecule has 0 N–H and O–H groups in total. The van der Waals surface area contributed by atoms with Crippen LogP contribution < -0.4 is 9.47 Å². The molecule has 120 valence electrons. The molecule has 23 heavy (non-hydrogen) atoms. The van der Waals surface area contributed by atoms with E-state index in [1.54, 1.807) is 12.1 Å². The lowest BCUT2D eigenvalue weighted by Gasteiger charge is -2.26. The van der Waals surface area contributed by atoms with E-state index in [-0.39, 0.29) is 11.9 Å². The molecule has 6 heteroatoms. The highest BCUT2D eigenvalue weighted by Crippen LogP contribution is 2.38. The summed E-state index contributed by atoms with van der Waals surface area (Å²) in [6.07, 6.45) is 1.92. The highest BCUT2D eigenvalue weighted by Gasteiger charge is 2.32. The summed E-state index contributed by atoms with van der Waals surface area (Å²) in [5.41, 5.74) is 1.07. The second-order valence-electron chi connectivity index (χ2n) is 5.66. The number of nitrogens with zero attached hydrogens (tertiary/aromatic N) is 1. The Hall–Kier alpha value is -1.95. The van der Waals surface area contributed by atoms with E-state index >= 15 is 0 Å². The molecule has 3 heterocycles. The summed E-state index contributed by atoms with van der Waals surface area (Å²) >= 11 is 3.24. The Labute approximate surface area is 142 Å². The monoisotopic (exact) mass is 377 g/mol. The third-order valence-electron chi connectivity index (χ3n) is 4.25. The van der Waals surface area contributed by atoms with E-state index in [1.165, 1.54) is 0 Å². The summed E-state index contributed by atoms with van der Waals surface area (Å²) < 4.78 is 17.2. The number of carbonyl (C=O) groups excluding carboxylic acids is 1. The molecule has 1 amide bonds. The van der Waals surface area contributed by atoms with E-state index in [0.29, 0.717) is 23.6 Å². The van der Waals surface area contributed by atoms with Crippen LogP contribution in [0.1, 0.15) is 35.0 Å². The summed E-state index contributed by atoms with van der Waals surface area (Å²) in [5.74, 6) is 1.81. The van der Waals surface area contributed by atoms with Gasteiger partial charge in [0, 0.05) is 6.54 Å². The first kappa shape index (κ1) is 14.6. The average Bonchev–Trinajstić information content (AvgIpc) is 3.23. The number of rotatable bonds is 2. The van der Waals surface area contributed by atoms with Crippen LogP contribution in [-0.4, -0.2) is 30.6 Å². The first-order valence-corrected chi connectivity index (χ1v) is 8.47. The zero-order chi connectivity index (χ0) is 15.8. The van der Waals surface area contributed by atoms with Crippen molar-refractivity contribution >= 4 is 21.8 Å². The minimum Gasteiger partial charge on any atom is -0.486 e. The number of furan rings is 1. The molecule has 2 aliphatic heterocycles. The van der Waals surface area contributed by atoms with Gasteiger partial charge >= 0.3 is 0 Å². The maximum Gasteiger partial charge on any atom is 0.290 e. The third kappa shape index (κ3) is 2.72. The molecule has 1 saturated heterocycles. The smallest absolute Gasteiger partial charge is 0.290 e. The van der Waals surface area contributed by atoms with Gasteiger partial charge in [0.05, 0.1) is 6.04 Å². The largest absolute Gasteiger partial charge is 0.486 e. The quantitative estimate of drug-likeness (QED) is 0.798. The van der Waals surface area contributed by atoms with Gasteiger partial charge in [0.1, 0.15) is 13.2 Å². The average molecular weight is 378 g/mol. The van der Waals surface area contributed by atoms with E-state index < -0.39 is 0 Å². The van der Waals surface area contributed by atoms with Crippen LogP contribution in [0, 0.1) is 0 Å². The van der Waals surface area contributed by atoms with Crippen molar-refractivity contribution in [1.82, 2.24) is 4.90 Å². The van der Waals surface area contributed by atoms with Crippen molar-refractivity contribution in [3.05, 3.63) is 46.3 Å². The number of benzene rings is 1. The number of halogens is 1. The summed E-state index contributed by atoms with van der Waals surface area (Å²) in [6, 6.07) is 9.41. The topological polar surface area (TPSA) is 51.9 Å². The molecule has 2 aromatic rings. The number of likely N-dealkylation sites (tertiary alicyclic amines) is 1.